The fraction of sp³-hybridized carbons (Fsp3) is 0.471. The number of rotatable bonds is 8. The Bertz CT molecular complexity index is 590. The Morgan fingerprint density at radius 3 is 2.04 bits per heavy atom. The van der Waals surface area contributed by atoms with Gasteiger partial charge in [-0.05, 0) is 52.0 Å². The van der Waals surface area contributed by atoms with E-state index in [1.165, 1.54) is 5.69 Å². The fourth-order valence-corrected chi connectivity index (χ4v) is 2.49. The smallest absolute Gasteiger partial charge is 0.247 e. The lowest BCUT2D eigenvalue weighted by Gasteiger charge is -2.21. The van der Waals surface area contributed by atoms with Crippen LogP contribution in [-0.2, 0) is 0 Å². The van der Waals surface area contributed by atoms with E-state index < -0.39 is 0 Å². The Balaban J connectivity index is 2.11. The minimum atomic E-state index is 0.653. The summed E-state index contributed by atoms with van der Waals surface area (Å²) in [5.74, 6) is 1.36. The van der Waals surface area contributed by atoms with Gasteiger partial charge in [0.15, 0.2) is 5.82 Å². The largest absolute Gasteiger partial charge is 0.372 e. The molecule has 0 spiro atoms. The van der Waals surface area contributed by atoms with Gasteiger partial charge in [0.25, 0.3) is 0 Å². The van der Waals surface area contributed by atoms with E-state index >= 15 is 0 Å². The average Bonchev–Trinajstić information content (AvgIpc) is 2.59. The van der Waals surface area contributed by atoms with E-state index in [0.717, 1.165) is 31.9 Å². The normalized spacial score (nSPS) is 10.4. The van der Waals surface area contributed by atoms with Crippen molar-refractivity contribution in [2.75, 3.05) is 41.3 Å². The van der Waals surface area contributed by atoms with Crippen molar-refractivity contribution in [1.29, 1.82) is 0 Å². The molecular weight excluding hydrogens is 288 g/mol. The molecule has 0 atom stereocenters. The minimum absolute atomic E-state index is 0.653. The summed E-state index contributed by atoms with van der Waals surface area (Å²) in [4.78, 5) is 8.92. The van der Waals surface area contributed by atoms with Gasteiger partial charge in [-0.3, -0.25) is 0 Å². The van der Waals surface area contributed by atoms with Crippen LogP contribution in [0.3, 0.4) is 0 Å². The quantitative estimate of drug-likeness (QED) is 0.807. The minimum Gasteiger partial charge on any atom is -0.372 e. The van der Waals surface area contributed by atoms with Crippen molar-refractivity contribution in [1.82, 2.24) is 15.2 Å². The molecule has 1 heterocycles. The maximum absolute atomic E-state index is 4.53. The van der Waals surface area contributed by atoms with Crippen molar-refractivity contribution < 1.29 is 0 Å². The molecule has 0 aliphatic carbocycles. The number of nitrogens with one attached hydrogen (secondary N) is 1. The molecule has 1 aromatic heterocycles. The van der Waals surface area contributed by atoms with Gasteiger partial charge in [0.1, 0.15) is 0 Å². The third kappa shape index (κ3) is 4.31. The van der Waals surface area contributed by atoms with Crippen LogP contribution in [-0.4, -0.2) is 41.4 Å². The molecule has 0 radical (unpaired) electrons. The van der Waals surface area contributed by atoms with Crippen LogP contribution in [0.2, 0.25) is 0 Å². The van der Waals surface area contributed by atoms with Crippen molar-refractivity contribution >= 4 is 23.1 Å². The van der Waals surface area contributed by atoms with Gasteiger partial charge in [-0.25, -0.2) is 0 Å². The first-order chi connectivity index (χ1) is 11.2. The molecule has 0 unspecified atom stereocenters. The first-order valence-corrected chi connectivity index (χ1v) is 8.28. The highest BCUT2D eigenvalue weighted by Gasteiger charge is 2.07. The summed E-state index contributed by atoms with van der Waals surface area (Å²) in [6.45, 7) is 12.2. The van der Waals surface area contributed by atoms with Crippen molar-refractivity contribution in [2.45, 2.75) is 27.7 Å². The number of anilines is 4. The Morgan fingerprint density at radius 2 is 1.48 bits per heavy atom. The zero-order valence-electron chi connectivity index (χ0n) is 14.5. The highest BCUT2D eigenvalue weighted by molar-refractivity contribution is 5.60. The Labute approximate surface area is 138 Å². The molecule has 124 valence electrons. The summed E-state index contributed by atoms with van der Waals surface area (Å²) in [5.41, 5.74) is 2.22. The topological polar surface area (TPSA) is 57.2 Å². The van der Waals surface area contributed by atoms with Gasteiger partial charge in [0.05, 0.1) is 6.20 Å². The molecule has 6 nitrogen and oxygen atoms in total. The van der Waals surface area contributed by atoms with Crippen molar-refractivity contribution in [3.05, 3.63) is 30.5 Å². The second-order valence-corrected chi connectivity index (χ2v) is 5.16. The van der Waals surface area contributed by atoms with Gasteiger partial charge in [-0.2, -0.15) is 10.1 Å². The Kier molecular flexibility index (Phi) is 6.14. The molecule has 6 heteroatoms. The summed E-state index contributed by atoms with van der Waals surface area (Å²) in [6, 6.07) is 8.37. The van der Waals surface area contributed by atoms with E-state index in [1.807, 2.05) is 0 Å². The zero-order chi connectivity index (χ0) is 16.7. The van der Waals surface area contributed by atoms with E-state index in [2.05, 4.69) is 82.3 Å². The predicted octanol–water partition coefficient (Wildman–Crippen LogP) is 3.31. The number of hydrogen-bond donors (Lipinski definition) is 1. The molecule has 1 aromatic carbocycles. The highest BCUT2D eigenvalue weighted by Crippen LogP contribution is 2.20. The van der Waals surface area contributed by atoms with Crippen molar-refractivity contribution in [2.24, 2.45) is 0 Å². The van der Waals surface area contributed by atoms with Crippen LogP contribution < -0.4 is 15.1 Å². The fourth-order valence-electron chi connectivity index (χ4n) is 2.49. The summed E-state index contributed by atoms with van der Waals surface area (Å²) >= 11 is 0. The van der Waals surface area contributed by atoms with Crippen LogP contribution in [0.5, 0.6) is 0 Å². The zero-order valence-corrected chi connectivity index (χ0v) is 14.5. The van der Waals surface area contributed by atoms with E-state index in [4.69, 9.17) is 0 Å². The lowest BCUT2D eigenvalue weighted by atomic mass is 10.2. The van der Waals surface area contributed by atoms with Gasteiger partial charge < -0.3 is 15.1 Å². The standard InChI is InChI=1S/C17H26N6/c1-5-22(6-2)15-11-9-14(10-12-15)19-16-13-18-21-17(20-16)23(7-3)8-4/h9-13H,5-8H2,1-4H3,(H,19,20,21). The van der Waals surface area contributed by atoms with Crippen LogP contribution >= 0.6 is 0 Å². The summed E-state index contributed by atoms with van der Waals surface area (Å²) < 4.78 is 0. The van der Waals surface area contributed by atoms with Crippen LogP contribution in [0.1, 0.15) is 27.7 Å². The number of benzene rings is 1. The van der Waals surface area contributed by atoms with Crippen LogP contribution in [0.4, 0.5) is 23.1 Å². The van der Waals surface area contributed by atoms with E-state index in [1.54, 1.807) is 6.20 Å². The maximum atomic E-state index is 4.53. The third-order valence-electron chi connectivity index (χ3n) is 3.86. The second-order valence-electron chi connectivity index (χ2n) is 5.16. The van der Waals surface area contributed by atoms with E-state index in [9.17, 15) is 0 Å². The number of aromatic nitrogens is 3. The van der Waals surface area contributed by atoms with Gasteiger partial charge in [-0.15, -0.1) is 5.10 Å². The van der Waals surface area contributed by atoms with Gasteiger partial charge in [0.2, 0.25) is 5.95 Å². The first-order valence-electron chi connectivity index (χ1n) is 8.28. The molecule has 0 bridgehead atoms. The maximum Gasteiger partial charge on any atom is 0.247 e. The number of hydrogen-bond acceptors (Lipinski definition) is 6. The molecule has 0 aliphatic heterocycles. The SMILES string of the molecule is CCN(CC)c1ccc(Nc2cnnc(N(CC)CC)n2)cc1. The molecule has 23 heavy (non-hydrogen) atoms. The van der Waals surface area contributed by atoms with E-state index in [0.29, 0.717) is 11.8 Å². The lowest BCUT2D eigenvalue weighted by molar-refractivity contribution is 0.796. The third-order valence-corrected chi connectivity index (χ3v) is 3.86. The van der Waals surface area contributed by atoms with E-state index in [-0.39, 0.29) is 0 Å². The van der Waals surface area contributed by atoms with Crippen molar-refractivity contribution in [3.63, 3.8) is 0 Å². The first kappa shape index (κ1) is 17.0. The predicted molar refractivity (Wildman–Crippen MR) is 96.7 cm³/mol. The highest BCUT2D eigenvalue weighted by atomic mass is 15.3. The molecule has 0 amide bonds. The molecule has 0 fully saturated rings. The molecule has 0 saturated carbocycles. The van der Waals surface area contributed by atoms with Crippen molar-refractivity contribution in [3.8, 4) is 0 Å². The van der Waals surface area contributed by atoms with Crippen LogP contribution in [0.25, 0.3) is 0 Å². The summed E-state index contributed by atoms with van der Waals surface area (Å²) in [6.07, 6.45) is 1.64. The Morgan fingerprint density at radius 1 is 0.870 bits per heavy atom. The van der Waals surface area contributed by atoms with Crippen LogP contribution in [0.15, 0.2) is 30.5 Å². The molecule has 2 rings (SSSR count). The molecule has 0 aliphatic rings. The van der Waals surface area contributed by atoms with Gasteiger partial charge in [0, 0.05) is 37.6 Å². The molecular formula is C17H26N6. The summed E-state index contributed by atoms with van der Waals surface area (Å²) in [7, 11) is 0. The number of nitrogens with zero attached hydrogens (tertiary/aromatic N) is 5. The lowest BCUT2D eigenvalue weighted by Crippen LogP contribution is -2.24. The average molecular weight is 314 g/mol. The van der Waals surface area contributed by atoms with Crippen LogP contribution in [0, 0.1) is 0 Å². The molecule has 1 N–H and O–H groups in total. The molecule has 2 aromatic rings. The van der Waals surface area contributed by atoms with Gasteiger partial charge in [-0.1, -0.05) is 0 Å². The summed E-state index contributed by atoms with van der Waals surface area (Å²) in [5, 5.41) is 11.4. The second kappa shape index (κ2) is 8.31. The molecule has 0 saturated heterocycles. The monoisotopic (exact) mass is 314 g/mol. The Hall–Kier alpha value is -2.37. The van der Waals surface area contributed by atoms with Gasteiger partial charge >= 0.3 is 0 Å².